The average molecular weight is 368 g/mol. The molecule has 26 heavy (non-hydrogen) atoms. The van der Waals surface area contributed by atoms with Crippen molar-refractivity contribution < 1.29 is 14.3 Å². The van der Waals surface area contributed by atoms with Gasteiger partial charge < -0.3 is 14.0 Å². The molecule has 0 radical (unpaired) electrons. The minimum Gasteiger partial charge on any atom is -0.497 e. The molecule has 1 amide bonds. The molecule has 6 heteroatoms. The van der Waals surface area contributed by atoms with Gasteiger partial charge in [0.25, 0.3) is 5.91 Å². The van der Waals surface area contributed by atoms with Crippen molar-refractivity contribution in [1.82, 2.24) is 4.57 Å². The molecule has 0 saturated heterocycles. The van der Waals surface area contributed by atoms with Crippen molar-refractivity contribution in [3.63, 3.8) is 0 Å². The van der Waals surface area contributed by atoms with Gasteiger partial charge >= 0.3 is 0 Å². The van der Waals surface area contributed by atoms with Crippen LogP contribution < -0.4 is 14.3 Å². The summed E-state index contributed by atoms with van der Waals surface area (Å²) in [6, 6.07) is 12.8. The molecule has 0 aliphatic carbocycles. The van der Waals surface area contributed by atoms with Gasteiger partial charge in [-0.3, -0.25) is 4.79 Å². The van der Waals surface area contributed by atoms with Crippen molar-refractivity contribution in [3.05, 3.63) is 65.5 Å². The summed E-state index contributed by atoms with van der Waals surface area (Å²) in [4.78, 5) is 17.5. The van der Waals surface area contributed by atoms with E-state index in [-0.39, 0.29) is 5.91 Å². The number of fused-ring (bicyclic) bond motifs is 1. The van der Waals surface area contributed by atoms with Gasteiger partial charge in [0.15, 0.2) is 4.80 Å². The van der Waals surface area contributed by atoms with Crippen LogP contribution in [0, 0.1) is 0 Å². The van der Waals surface area contributed by atoms with E-state index in [1.807, 2.05) is 29.7 Å². The molecular weight excluding hydrogens is 348 g/mol. The number of allylic oxidation sites excluding steroid dienone is 1. The fraction of sp³-hybridized carbons (Fsp3) is 0.200. The molecule has 1 aromatic heterocycles. The van der Waals surface area contributed by atoms with Crippen LogP contribution in [0.2, 0.25) is 0 Å². The third kappa shape index (κ3) is 3.70. The van der Waals surface area contributed by atoms with Gasteiger partial charge in [-0.25, -0.2) is 0 Å². The maximum absolute atomic E-state index is 12.6. The van der Waals surface area contributed by atoms with Crippen molar-refractivity contribution in [2.24, 2.45) is 4.99 Å². The predicted molar refractivity (Wildman–Crippen MR) is 104 cm³/mol. The lowest BCUT2D eigenvalue weighted by Crippen LogP contribution is -2.16. The summed E-state index contributed by atoms with van der Waals surface area (Å²) in [5.74, 6) is 1.22. The molecule has 5 nitrogen and oxygen atoms in total. The lowest BCUT2D eigenvalue weighted by molar-refractivity contribution is 0.0998. The standard InChI is InChI=1S/C20H20N2O3S/c1-4-12-22-17-11-10-16(25-5-2)13-18(17)26-20(22)21-19(23)14-6-8-15(24-3)9-7-14/h4,6-11,13H,1,5,12H2,2-3H3. The quantitative estimate of drug-likeness (QED) is 0.617. The Bertz CT molecular complexity index is 1000. The minimum absolute atomic E-state index is 0.290. The van der Waals surface area contributed by atoms with E-state index >= 15 is 0 Å². The van der Waals surface area contributed by atoms with Gasteiger partial charge in [-0.15, -0.1) is 6.58 Å². The number of nitrogens with zero attached hydrogens (tertiary/aromatic N) is 2. The van der Waals surface area contributed by atoms with Crippen LogP contribution in [-0.4, -0.2) is 24.2 Å². The molecule has 3 aromatic rings. The summed E-state index contributed by atoms with van der Waals surface area (Å²) in [6.07, 6.45) is 1.79. The lowest BCUT2D eigenvalue weighted by atomic mass is 10.2. The Morgan fingerprint density at radius 1 is 1.23 bits per heavy atom. The second-order valence-corrected chi connectivity index (χ2v) is 6.50. The second kappa shape index (κ2) is 8.01. The fourth-order valence-electron chi connectivity index (χ4n) is 2.59. The summed E-state index contributed by atoms with van der Waals surface area (Å²) in [6.45, 7) is 6.93. The van der Waals surface area contributed by atoms with Crippen LogP contribution in [0.25, 0.3) is 10.2 Å². The summed E-state index contributed by atoms with van der Waals surface area (Å²) in [5.41, 5.74) is 1.52. The molecule has 0 fully saturated rings. The number of benzene rings is 2. The number of methoxy groups -OCH3 is 1. The molecule has 0 aliphatic heterocycles. The first-order valence-electron chi connectivity index (χ1n) is 8.26. The fourth-order valence-corrected chi connectivity index (χ4v) is 3.65. The van der Waals surface area contributed by atoms with Gasteiger partial charge in [-0.1, -0.05) is 17.4 Å². The van der Waals surface area contributed by atoms with Crippen molar-refractivity contribution in [1.29, 1.82) is 0 Å². The van der Waals surface area contributed by atoms with E-state index in [0.717, 1.165) is 16.0 Å². The number of hydrogen-bond acceptors (Lipinski definition) is 4. The van der Waals surface area contributed by atoms with Crippen LogP contribution in [0.3, 0.4) is 0 Å². The van der Waals surface area contributed by atoms with Crippen LogP contribution in [-0.2, 0) is 6.54 Å². The normalized spacial score (nSPS) is 11.5. The number of hydrogen-bond donors (Lipinski definition) is 0. The smallest absolute Gasteiger partial charge is 0.279 e. The lowest BCUT2D eigenvalue weighted by Gasteiger charge is -2.04. The average Bonchev–Trinajstić information content (AvgIpc) is 2.99. The number of ether oxygens (including phenoxy) is 2. The Morgan fingerprint density at radius 3 is 2.62 bits per heavy atom. The zero-order chi connectivity index (χ0) is 18.5. The molecule has 0 atom stereocenters. The molecule has 134 valence electrons. The topological polar surface area (TPSA) is 52.8 Å². The Morgan fingerprint density at radius 2 is 1.96 bits per heavy atom. The van der Waals surface area contributed by atoms with Crippen molar-refractivity contribution >= 4 is 27.5 Å². The first-order valence-corrected chi connectivity index (χ1v) is 9.08. The van der Waals surface area contributed by atoms with E-state index in [2.05, 4.69) is 11.6 Å². The highest BCUT2D eigenvalue weighted by Gasteiger charge is 2.10. The number of thiazole rings is 1. The highest BCUT2D eigenvalue weighted by Crippen LogP contribution is 2.23. The molecule has 0 aliphatic rings. The predicted octanol–water partition coefficient (Wildman–Crippen LogP) is 4.04. The highest BCUT2D eigenvalue weighted by molar-refractivity contribution is 7.16. The number of rotatable bonds is 6. The molecule has 0 spiro atoms. The van der Waals surface area contributed by atoms with Gasteiger partial charge in [-0.05, 0) is 49.4 Å². The maximum atomic E-state index is 12.6. The first-order chi connectivity index (χ1) is 12.7. The van der Waals surface area contributed by atoms with E-state index in [4.69, 9.17) is 9.47 Å². The van der Waals surface area contributed by atoms with Gasteiger partial charge in [-0.2, -0.15) is 4.99 Å². The number of aromatic nitrogens is 1. The highest BCUT2D eigenvalue weighted by atomic mass is 32.1. The summed E-state index contributed by atoms with van der Waals surface area (Å²) >= 11 is 1.46. The van der Waals surface area contributed by atoms with Crippen molar-refractivity contribution in [3.8, 4) is 11.5 Å². The zero-order valence-corrected chi connectivity index (χ0v) is 15.6. The van der Waals surface area contributed by atoms with Crippen LogP contribution >= 0.6 is 11.3 Å². The third-order valence-corrected chi connectivity index (χ3v) is 4.85. The van der Waals surface area contributed by atoms with E-state index < -0.39 is 0 Å². The molecule has 0 unspecified atom stereocenters. The van der Waals surface area contributed by atoms with Gasteiger partial charge in [0.05, 0.1) is 23.9 Å². The van der Waals surface area contributed by atoms with Crippen molar-refractivity contribution in [2.75, 3.05) is 13.7 Å². The van der Waals surface area contributed by atoms with Crippen LogP contribution in [0.5, 0.6) is 11.5 Å². The Kier molecular flexibility index (Phi) is 5.53. The van der Waals surface area contributed by atoms with Crippen LogP contribution in [0.15, 0.2) is 60.1 Å². The molecule has 2 aromatic carbocycles. The first kappa shape index (κ1) is 17.9. The monoisotopic (exact) mass is 368 g/mol. The third-order valence-electron chi connectivity index (χ3n) is 3.81. The Balaban J connectivity index is 2.06. The number of amides is 1. The Hall–Kier alpha value is -2.86. The zero-order valence-electron chi connectivity index (χ0n) is 14.8. The Labute approximate surface area is 155 Å². The summed E-state index contributed by atoms with van der Waals surface area (Å²) in [5, 5.41) is 0. The van der Waals surface area contributed by atoms with Crippen LogP contribution in [0.1, 0.15) is 17.3 Å². The SMILES string of the molecule is C=CCn1c(=NC(=O)c2ccc(OC)cc2)sc2cc(OCC)ccc21. The van der Waals surface area contributed by atoms with Crippen molar-refractivity contribution in [2.45, 2.75) is 13.5 Å². The van der Waals surface area contributed by atoms with Crippen LogP contribution in [0.4, 0.5) is 0 Å². The molecule has 0 bridgehead atoms. The number of carbonyl (C=O) groups excluding carboxylic acids is 1. The largest absolute Gasteiger partial charge is 0.497 e. The van der Waals surface area contributed by atoms with E-state index in [9.17, 15) is 4.79 Å². The summed E-state index contributed by atoms with van der Waals surface area (Å²) < 4.78 is 13.7. The molecule has 0 N–H and O–H groups in total. The number of carbonyl (C=O) groups is 1. The van der Waals surface area contributed by atoms with Gasteiger partial charge in [0, 0.05) is 12.1 Å². The minimum atomic E-state index is -0.290. The second-order valence-electron chi connectivity index (χ2n) is 5.49. The summed E-state index contributed by atoms with van der Waals surface area (Å²) in [7, 11) is 1.59. The maximum Gasteiger partial charge on any atom is 0.279 e. The molecule has 0 saturated carbocycles. The molecule has 1 heterocycles. The van der Waals surface area contributed by atoms with E-state index in [0.29, 0.717) is 29.3 Å². The molecular formula is C20H20N2O3S. The molecule has 3 rings (SSSR count). The van der Waals surface area contributed by atoms with E-state index in [1.54, 1.807) is 37.5 Å². The van der Waals surface area contributed by atoms with E-state index in [1.165, 1.54) is 11.3 Å². The van der Waals surface area contributed by atoms with Gasteiger partial charge in [0.1, 0.15) is 11.5 Å². The van der Waals surface area contributed by atoms with Gasteiger partial charge in [0.2, 0.25) is 0 Å².